The van der Waals surface area contributed by atoms with Gasteiger partial charge >= 0.3 is 0 Å². The molecule has 0 atom stereocenters. The van der Waals surface area contributed by atoms with Crippen molar-refractivity contribution in [2.45, 2.75) is 31.6 Å². The Labute approximate surface area is 138 Å². The minimum Gasteiger partial charge on any atom is -0.493 e. The number of rotatable bonds is 7. The number of hydrogen-bond donors (Lipinski definition) is 1. The number of nitrogens with zero attached hydrogens (tertiary/aromatic N) is 2. The standard InChI is InChI=1S/C16H19N3O3S/c1-21-12-5-3-4-10(14(12)22-2)8-9-13(20)17-16-19-18-15(23-16)11-6-7-11/h3-5,11H,6-9H2,1-2H3,(H,17,19,20). The Hall–Kier alpha value is -2.15. The predicted octanol–water partition coefficient (Wildman–Crippen LogP) is 3.00. The highest BCUT2D eigenvalue weighted by Crippen LogP contribution is 2.42. The van der Waals surface area contributed by atoms with E-state index in [0.29, 0.717) is 35.4 Å². The lowest BCUT2D eigenvalue weighted by Crippen LogP contribution is -2.12. The van der Waals surface area contributed by atoms with Gasteiger partial charge in [0.05, 0.1) is 14.2 Å². The molecule has 122 valence electrons. The maximum atomic E-state index is 12.1. The van der Waals surface area contributed by atoms with Gasteiger partial charge in [-0.3, -0.25) is 4.79 Å². The Morgan fingerprint density at radius 2 is 2.13 bits per heavy atom. The number of ether oxygens (including phenoxy) is 2. The van der Waals surface area contributed by atoms with Gasteiger partial charge in [-0.2, -0.15) is 0 Å². The summed E-state index contributed by atoms with van der Waals surface area (Å²) in [6.45, 7) is 0. The van der Waals surface area contributed by atoms with Gasteiger partial charge in [0, 0.05) is 12.3 Å². The molecule has 1 heterocycles. The van der Waals surface area contributed by atoms with Crippen LogP contribution < -0.4 is 14.8 Å². The molecule has 1 aliphatic rings. The maximum Gasteiger partial charge on any atom is 0.226 e. The molecule has 2 aromatic rings. The molecule has 0 aliphatic heterocycles. The van der Waals surface area contributed by atoms with Gasteiger partial charge in [-0.25, -0.2) is 0 Å². The lowest BCUT2D eigenvalue weighted by molar-refractivity contribution is -0.116. The van der Waals surface area contributed by atoms with Crippen molar-refractivity contribution in [2.24, 2.45) is 0 Å². The molecule has 0 radical (unpaired) electrons. The fourth-order valence-electron chi connectivity index (χ4n) is 2.36. The second kappa shape index (κ2) is 6.95. The first-order valence-corrected chi connectivity index (χ1v) is 8.36. The molecular formula is C16H19N3O3S. The van der Waals surface area contributed by atoms with Gasteiger partial charge in [-0.15, -0.1) is 10.2 Å². The predicted molar refractivity (Wildman–Crippen MR) is 88.4 cm³/mol. The van der Waals surface area contributed by atoms with Gasteiger partial charge < -0.3 is 14.8 Å². The van der Waals surface area contributed by atoms with Gasteiger partial charge in [0.25, 0.3) is 0 Å². The third kappa shape index (κ3) is 3.79. The molecule has 7 heteroatoms. The zero-order chi connectivity index (χ0) is 16.2. The van der Waals surface area contributed by atoms with E-state index in [1.165, 1.54) is 24.2 Å². The van der Waals surface area contributed by atoms with Crippen molar-refractivity contribution in [3.63, 3.8) is 0 Å². The average molecular weight is 333 g/mol. The van der Waals surface area contributed by atoms with Crippen molar-refractivity contribution in [3.05, 3.63) is 28.8 Å². The molecule has 0 spiro atoms. The molecular weight excluding hydrogens is 314 g/mol. The Bertz CT molecular complexity index is 698. The Morgan fingerprint density at radius 3 is 2.83 bits per heavy atom. The summed E-state index contributed by atoms with van der Waals surface area (Å²) >= 11 is 1.47. The number of benzene rings is 1. The van der Waals surface area contributed by atoms with Crippen LogP contribution in [-0.4, -0.2) is 30.3 Å². The van der Waals surface area contributed by atoms with Crippen molar-refractivity contribution in [1.29, 1.82) is 0 Å². The molecule has 6 nitrogen and oxygen atoms in total. The molecule has 1 fully saturated rings. The minimum absolute atomic E-state index is 0.0756. The number of anilines is 1. The SMILES string of the molecule is COc1cccc(CCC(=O)Nc2nnc(C3CC3)s2)c1OC. The van der Waals surface area contributed by atoms with Crippen LogP contribution in [0.25, 0.3) is 0 Å². The van der Waals surface area contributed by atoms with E-state index in [-0.39, 0.29) is 5.91 Å². The van der Waals surface area contributed by atoms with Crippen molar-refractivity contribution < 1.29 is 14.3 Å². The lowest BCUT2D eigenvalue weighted by Gasteiger charge is -2.12. The van der Waals surface area contributed by atoms with E-state index in [1.807, 2.05) is 18.2 Å². The van der Waals surface area contributed by atoms with Crippen LogP contribution in [0.1, 0.15) is 35.8 Å². The largest absolute Gasteiger partial charge is 0.493 e. The summed E-state index contributed by atoms with van der Waals surface area (Å²) in [5, 5.41) is 12.6. The van der Waals surface area contributed by atoms with Gasteiger partial charge in [0.2, 0.25) is 11.0 Å². The smallest absolute Gasteiger partial charge is 0.226 e. The molecule has 0 unspecified atom stereocenters. The quantitative estimate of drug-likeness (QED) is 0.843. The highest BCUT2D eigenvalue weighted by Gasteiger charge is 2.27. The first kappa shape index (κ1) is 15.7. The molecule has 1 aliphatic carbocycles. The normalized spacial score (nSPS) is 13.7. The monoisotopic (exact) mass is 333 g/mol. The lowest BCUT2D eigenvalue weighted by atomic mass is 10.1. The highest BCUT2D eigenvalue weighted by molar-refractivity contribution is 7.15. The number of amides is 1. The zero-order valence-electron chi connectivity index (χ0n) is 13.2. The Balaban J connectivity index is 1.58. The molecule has 1 amide bonds. The first-order valence-electron chi connectivity index (χ1n) is 7.54. The van der Waals surface area contributed by atoms with E-state index in [9.17, 15) is 4.79 Å². The number of aromatic nitrogens is 2. The number of para-hydroxylation sites is 1. The number of aryl methyl sites for hydroxylation is 1. The zero-order valence-corrected chi connectivity index (χ0v) is 14.0. The van der Waals surface area contributed by atoms with Gasteiger partial charge in [0.15, 0.2) is 11.5 Å². The van der Waals surface area contributed by atoms with E-state index >= 15 is 0 Å². The van der Waals surface area contributed by atoms with Crippen LogP contribution in [0.3, 0.4) is 0 Å². The number of hydrogen-bond acceptors (Lipinski definition) is 6. The molecule has 1 aromatic carbocycles. The summed E-state index contributed by atoms with van der Waals surface area (Å²) in [4.78, 5) is 12.1. The first-order chi connectivity index (χ1) is 11.2. The van der Waals surface area contributed by atoms with Crippen LogP contribution >= 0.6 is 11.3 Å². The summed E-state index contributed by atoms with van der Waals surface area (Å²) < 4.78 is 10.6. The number of carbonyl (C=O) groups is 1. The molecule has 23 heavy (non-hydrogen) atoms. The molecule has 0 bridgehead atoms. The van der Waals surface area contributed by atoms with Gasteiger partial charge in [-0.1, -0.05) is 23.5 Å². The maximum absolute atomic E-state index is 12.1. The summed E-state index contributed by atoms with van der Waals surface area (Å²) in [6.07, 6.45) is 3.28. The number of methoxy groups -OCH3 is 2. The van der Waals surface area contributed by atoms with Crippen LogP contribution in [0, 0.1) is 0 Å². The Morgan fingerprint density at radius 1 is 1.30 bits per heavy atom. The fraction of sp³-hybridized carbons (Fsp3) is 0.438. The van der Waals surface area contributed by atoms with Crippen LogP contribution in [0.5, 0.6) is 11.5 Å². The molecule has 3 rings (SSSR count). The van der Waals surface area contributed by atoms with Crippen molar-refractivity contribution >= 4 is 22.4 Å². The molecule has 1 saturated carbocycles. The van der Waals surface area contributed by atoms with E-state index in [1.54, 1.807) is 14.2 Å². The van der Waals surface area contributed by atoms with Crippen LogP contribution in [-0.2, 0) is 11.2 Å². The molecule has 1 aromatic heterocycles. The van der Waals surface area contributed by atoms with Crippen LogP contribution in [0.2, 0.25) is 0 Å². The highest BCUT2D eigenvalue weighted by atomic mass is 32.1. The van der Waals surface area contributed by atoms with E-state index in [2.05, 4.69) is 15.5 Å². The van der Waals surface area contributed by atoms with Crippen molar-refractivity contribution in [2.75, 3.05) is 19.5 Å². The number of nitrogens with one attached hydrogen (secondary N) is 1. The average Bonchev–Trinajstić information content (AvgIpc) is 3.32. The number of carbonyl (C=O) groups excluding carboxylic acids is 1. The summed E-state index contributed by atoms with van der Waals surface area (Å²) in [5.41, 5.74) is 0.943. The summed E-state index contributed by atoms with van der Waals surface area (Å²) in [6, 6.07) is 5.66. The van der Waals surface area contributed by atoms with Gasteiger partial charge in [-0.05, 0) is 30.9 Å². The third-order valence-electron chi connectivity index (χ3n) is 3.72. The minimum atomic E-state index is -0.0756. The summed E-state index contributed by atoms with van der Waals surface area (Å²) in [7, 11) is 3.20. The van der Waals surface area contributed by atoms with Crippen LogP contribution in [0.4, 0.5) is 5.13 Å². The van der Waals surface area contributed by atoms with Crippen molar-refractivity contribution in [1.82, 2.24) is 10.2 Å². The topological polar surface area (TPSA) is 73.3 Å². The van der Waals surface area contributed by atoms with Crippen LogP contribution in [0.15, 0.2) is 18.2 Å². The molecule has 0 saturated heterocycles. The summed E-state index contributed by atoms with van der Waals surface area (Å²) in [5.74, 6) is 1.82. The van der Waals surface area contributed by atoms with E-state index < -0.39 is 0 Å². The second-order valence-electron chi connectivity index (χ2n) is 5.42. The Kier molecular flexibility index (Phi) is 4.76. The van der Waals surface area contributed by atoms with Crippen molar-refractivity contribution in [3.8, 4) is 11.5 Å². The van der Waals surface area contributed by atoms with E-state index in [0.717, 1.165) is 10.6 Å². The van der Waals surface area contributed by atoms with Gasteiger partial charge in [0.1, 0.15) is 5.01 Å². The molecule has 1 N–H and O–H groups in total. The van der Waals surface area contributed by atoms with E-state index in [4.69, 9.17) is 9.47 Å². The fourth-order valence-corrected chi connectivity index (χ4v) is 3.29. The second-order valence-corrected chi connectivity index (χ2v) is 6.43. The third-order valence-corrected chi connectivity index (χ3v) is 4.72.